The molecule has 0 bridgehead atoms. The van der Waals surface area contributed by atoms with Crippen LogP contribution >= 0.6 is 11.8 Å². The molecule has 1 unspecified atom stereocenters. The van der Waals surface area contributed by atoms with Crippen molar-refractivity contribution in [3.05, 3.63) is 12.1 Å². The van der Waals surface area contributed by atoms with E-state index in [1.165, 1.54) is 6.20 Å². The molecule has 16 heavy (non-hydrogen) atoms. The zero-order chi connectivity index (χ0) is 11.4. The number of thioether (sulfide) groups is 1. The van der Waals surface area contributed by atoms with Crippen molar-refractivity contribution in [2.75, 3.05) is 12.0 Å². The predicted molar refractivity (Wildman–Crippen MR) is 59.6 cm³/mol. The lowest BCUT2D eigenvalue weighted by Crippen LogP contribution is -2.11. The number of aromatic amines is 1. The maximum atomic E-state index is 5.89. The van der Waals surface area contributed by atoms with Gasteiger partial charge < -0.3 is 10.3 Å². The molecule has 0 amide bonds. The summed E-state index contributed by atoms with van der Waals surface area (Å²) in [5, 5.41) is 13.8. The van der Waals surface area contributed by atoms with Gasteiger partial charge in [-0.25, -0.2) is 0 Å². The van der Waals surface area contributed by atoms with E-state index in [1.807, 2.05) is 6.26 Å². The molecule has 8 heteroatoms. The average molecular weight is 240 g/mol. The maximum Gasteiger partial charge on any atom is 0.243 e. The van der Waals surface area contributed by atoms with Crippen LogP contribution in [0.3, 0.4) is 0 Å². The third kappa shape index (κ3) is 2.39. The fourth-order valence-electron chi connectivity index (χ4n) is 1.17. The van der Waals surface area contributed by atoms with E-state index in [0.717, 1.165) is 12.2 Å². The van der Waals surface area contributed by atoms with Crippen LogP contribution in [0.2, 0.25) is 0 Å². The first-order chi connectivity index (χ1) is 7.81. The van der Waals surface area contributed by atoms with E-state index in [0.29, 0.717) is 17.4 Å². The quantitative estimate of drug-likeness (QED) is 0.788. The van der Waals surface area contributed by atoms with E-state index in [2.05, 4.69) is 25.6 Å². The standard InChI is InChI=1S/C8H12N6OS/c1-16-3-2-5(9)8-11-7(13-15-8)6-4-10-14-12-6/h4-5H,2-3,9H2,1H3,(H,10,12,14). The first kappa shape index (κ1) is 11.1. The predicted octanol–water partition coefficient (Wildman–Crippen LogP) is 0.608. The van der Waals surface area contributed by atoms with Crippen molar-refractivity contribution in [3.63, 3.8) is 0 Å². The summed E-state index contributed by atoms with van der Waals surface area (Å²) in [7, 11) is 0. The van der Waals surface area contributed by atoms with Crippen molar-refractivity contribution < 1.29 is 4.52 Å². The molecule has 2 heterocycles. The summed E-state index contributed by atoms with van der Waals surface area (Å²) in [5.41, 5.74) is 6.44. The van der Waals surface area contributed by atoms with Crippen LogP contribution in [0, 0.1) is 0 Å². The third-order valence-electron chi connectivity index (χ3n) is 2.04. The van der Waals surface area contributed by atoms with Crippen molar-refractivity contribution in [2.24, 2.45) is 5.73 Å². The molecule has 0 aliphatic heterocycles. The van der Waals surface area contributed by atoms with Gasteiger partial charge in [0.1, 0.15) is 0 Å². The van der Waals surface area contributed by atoms with Gasteiger partial charge >= 0.3 is 0 Å². The van der Waals surface area contributed by atoms with Gasteiger partial charge in [-0.15, -0.1) is 0 Å². The van der Waals surface area contributed by atoms with Gasteiger partial charge in [0.05, 0.1) is 12.2 Å². The Hall–Kier alpha value is -1.41. The summed E-state index contributed by atoms with van der Waals surface area (Å²) in [6.07, 6.45) is 4.37. The van der Waals surface area contributed by atoms with Crippen LogP contribution in [0.1, 0.15) is 18.4 Å². The highest BCUT2D eigenvalue weighted by atomic mass is 32.2. The maximum absolute atomic E-state index is 5.89. The van der Waals surface area contributed by atoms with Crippen molar-refractivity contribution in [3.8, 4) is 11.5 Å². The zero-order valence-electron chi connectivity index (χ0n) is 8.75. The minimum Gasteiger partial charge on any atom is -0.337 e. The summed E-state index contributed by atoms with van der Waals surface area (Å²) in [5.74, 6) is 1.80. The number of rotatable bonds is 5. The van der Waals surface area contributed by atoms with E-state index >= 15 is 0 Å². The van der Waals surface area contributed by atoms with Gasteiger partial charge in [-0.2, -0.15) is 32.2 Å². The fourth-order valence-corrected chi connectivity index (χ4v) is 1.66. The minimum absolute atomic E-state index is 0.222. The zero-order valence-corrected chi connectivity index (χ0v) is 9.57. The highest BCUT2D eigenvalue weighted by molar-refractivity contribution is 7.98. The van der Waals surface area contributed by atoms with E-state index in [4.69, 9.17) is 10.3 Å². The van der Waals surface area contributed by atoms with Crippen LogP contribution < -0.4 is 5.73 Å². The highest BCUT2D eigenvalue weighted by Crippen LogP contribution is 2.17. The number of aromatic nitrogens is 5. The Bertz CT molecular complexity index is 427. The summed E-state index contributed by atoms with van der Waals surface area (Å²) in [6, 6.07) is -0.222. The van der Waals surface area contributed by atoms with Crippen molar-refractivity contribution in [1.29, 1.82) is 0 Å². The first-order valence-corrected chi connectivity index (χ1v) is 6.15. The number of nitrogens with one attached hydrogen (secondary N) is 1. The van der Waals surface area contributed by atoms with Crippen molar-refractivity contribution >= 4 is 11.8 Å². The molecule has 2 aromatic rings. The summed E-state index contributed by atoms with van der Waals surface area (Å²) in [4.78, 5) is 4.17. The van der Waals surface area contributed by atoms with E-state index in [1.54, 1.807) is 11.8 Å². The lowest BCUT2D eigenvalue weighted by molar-refractivity contribution is 0.353. The van der Waals surface area contributed by atoms with Gasteiger partial charge in [0, 0.05) is 0 Å². The first-order valence-electron chi connectivity index (χ1n) is 4.75. The molecule has 0 aliphatic carbocycles. The molecule has 2 rings (SSSR count). The summed E-state index contributed by atoms with van der Waals surface area (Å²) >= 11 is 1.73. The summed E-state index contributed by atoms with van der Waals surface area (Å²) in [6.45, 7) is 0. The lowest BCUT2D eigenvalue weighted by Gasteiger charge is -2.03. The Balaban J connectivity index is 2.07. The van der Waals surface area contributed by atoms with Gasteiger partial charge in [0.2, 0.25) is 11.7 Å². The molecule has 1 atom stereocenters. The molecule has 0 saturated heterocycles. The van der Waals surface area contributed by atoms with Crippen molar-refractivity contribution in [2.45, 2.75) is 12.5 Å². The smallest absolute Gasteiger partial charge is 0.243 e. The molecule has 86 valence electrons. The van der Waals surface area contributed by atoms with Gasteiger partial charge in [-0.1, -0.05) is 5.16 Å². The molecule has 0 aromatic carbocycles. The van der Waals surface area contributed by atoms with Crippen LogP contribution in [0.25, 0.3) is 11.5 Å². The largest absolute Gasteiger partial charge is 0.337 e. The number of nitrogens with zero attached hydrogens (tertiary/aromatic N) is 4. The van der Waals surface area contributed by atoms with E-state index in [-0.39, 0.29) is 6.04 Å². The Kier molecular flexibility index (Phi) is 3.52. The molecule has 7 nitrogen and oxygen atoms in total. The molecule has 0 aliphatic rings. The second kappa shape index (κ2) is 5.08. The van der Waals surface area contributed by atoms with Crippen LogP contribution in [-0.4, -0.2) is 37.6 Å². The van der Waals surface area contributed by atoms with Crippen LogP contribution in [-0.2, 0) is 0 Å². The Morgan fingerprint density at radius 1 is 1.62 bits per heavy atom. The fraction of sp³-hybridized carbons (Fsp3) is 0.500. The number of H-pyrrole nitrogens is 1. The SMILES string of the molecule is CSCCC(N)c1nc(-c2cn[nH]n2)no1. The minimum atomic E-state index is -0.222. The van der Waals surface area contributed by atoms with E-state index in [9.17, 15) is 0 Å². The molecule has 3 N–H and O–H groups in total. The van der Waals surface area contributed by atoms with Crippen molar-refractivity contribution in [1.82, 2.24) is 25.6 Å². The molecule has 0 radical (unpaired) electrons. The molecule has 0 spiro atoms. The number of hydrogen-bond donors (Lipinski definition) is 2. The van der Waals surface area contributed by atoms with Gasteiger partial charge in [0.15, 0.2) is 5.69 Å². The molecule has 0 fully saturated rings. The number of hydrogen-bond acceptors (Lipinski definition) is 7. The van der Waals surface area contributed by atoms with Gasteiger partial charge in [-0.05, 0) is 18.4 Å². The normalized spacial score (nSPS) is 12.9. The van der Waals surface area contributed by atoms with E-state index < -0.39 is 0 Å². The van der Waals surface area contributed by atoms with Crippen LogP contribution in [0.5, 0.6) is 0 Å². The second-order valence-electron chi connectivity index (χ2n) is 3.20. The number of nitrogens with two attached hydrogens (primary N) is 1. The second-order valence-corrected chi connectivity index (χ2v) is 4.19. The molecular formula is C8H12N6OS. The topological polar surface area (TPSA) is 107 Å². The molecular weight excluding hydrogens is 228 g/mol. The van der Waals surface area contributed by atoms with Crippen LogP contribution in [0.4, 0.5) is 0 Å². The lowest BCUT2D eigenvalue weighted by atomic mass is 10.2. The molecule has 0 saturated carbocycles. The summed E-state index contributed by atoms with van der Waals surface area (Å²) < 4.78 is 5.07. The molecule has 2 aromatic heterocycles. The monoisotopic (exact) mass is 240 g/mol. The van der Waals surface area contributed by atoms with Gasteiger partial charge in [0.25, 0.3) is 0 Å². The Morgan fingerprint density at radius 3 is 3.19 bits per heavy atom. The third-order valence-corrected chi connectivity index (χ3v) is 2.68. The average Bonchev–Trinajstić information content (AvgIpc) is 2.94. The van der Waals surface area contributed by atoms with Crippen LogP contribution in [0.15, 0.2) is 10.7 Å². The highest BCUT2D eigenvalue weighted by Gasteiger charge is 2.16. The Labute approximate surface area is 96.2 Å². The Morgan fingerprint density at radius 2 is 2.50 bits per heavy atom. The van der Waals surface area contributed by atoms with Gasteiger partial charge in [-0.3, -0.25) is 0 Å².